The molecule has 0 bridgehead atoms. The molecule has 1 atom stereocenters. The highest BCUT2D eigenvalue weighted by molar-refractivity contribution is 5.67. The molecule has 78 valence electrons. The number of nitrogens with two attached hydrogens (primary N) is 1. The Kier molecular flexibility index (Phi) is 6.32. The summed E-state index contributed by atoms with van der Waals surface area (Å²) < 4.78 is 4.88. The molecule has 0 radical (unpaired) electrons. The molecule has 0 aromatic heterocycles. The van der Waals surface area contributed by atoms with Gasteiger partial charge in [-0.2, -0.15) is 0 Å². The molecule has 3 N–H and O–H groups in total. The molecule has 0 heterocycles. The molecule has 0 aliphatic carbocycles. The van der Waals surface area contributed by atoms with E-state index in [-0.39, 0.29) is 18.2 Å². The lowest BCUT2D eigenvalue weighted by atomic mass is 10.2. The topological polar surface area (TPSA) is 64.3 Å². The van der Waals surface area contributed by atoms with Gasteiger partial charge in [0.05, 0.1) is 6.10 Å². The minimum absolute atomic E-state index is 0.0616. The van der Waals surface area contributed by atoms with Crippen LogP contribution in [0.3, 0.4) is 0 Å². The van der Waals surface area contributed by atoms with Crippen LogP contribution in [0.2, 0.25) is 0 Å². The third-order valence-corrected chi connectivity index (χ3v) is 1.45. The standard InChI is InChI=1S/C9H20N2O2/c1-7(2)13-9(12)11-6-4-5-8(3)10/h7-8H,4-6,10H2,1-3H3,(H,11,12). The molecular weight excluding hydrogens is 168 g/mol. The Labute approximate surface area is 79.8 Å². The van der Waals surface area contributed by atoms with Crippen LogP contribution in [0.1, 0.15) is 33.6 Å². The largest absolute Gasteiger partial charge is 0.447 e. The monoisotopic (exact) mass is 188 g/mol. The van der Waals surface area contributed by atoms with Crippen LogP contribution in [0.5, 0.6) is 0 Å². The van der Waals surface area contributed by atoms with Crippen molar-refractivity contribution in [3.8, 4) is 0 Å². The van der Waals surface area contributed by atoms with Crippen molar-refractivity contribution in [2.24, 2.45) is 5.73 Å². The van der Waals surface area contributed by atoms with E-state index >= 15 is 0 Å². The lowest BCUT2D eigenvalue weighted by Gasteiger charge is -2.09. The van der Waals surface area contributed by atoms with E-state index in [0.717, 1.165) is 12.8 Å². The SMILES string of the molecule is CC(N)CCCNC(=O)OC(C)C. The summed E-state index contributed by atoms with van der Waals surface area (Å²) in [7, 11) is 0. The zero-order valence-electron chi connectivity index (χ0n) is 8.67. The van der Waals surface area contributed by atoms with E-state index in [1.54, 1.807) is 0 Å². The summed E-state index contributed by atoms with van der Waals surface area (Å²) in [4.78, 5) is 10.9. The van der Waals surface area contributed by atoms with Gasteiger partial charge < -0.3 is 15.8 Å². The lowest BCUT2D eigenvalue weighted by molar-refractivity contribution is 0.115. The van der Waals surface area contributed by atoms with E-state index in [0.29, 0.717) is 6.54 Å². The van der Waals surface area contributed by atoms with E-state index in [4.69, 9.17) is 10.5 Å². The van der Waals surface area contributed by atoms with Crippen molar-refractivity contribution in [2.75, 3.05) is 6.54 Å². The third-order valence-electron chi connectivity index (χ3n) is 1.45. The normalized spacial score (nSPS) is 12.7. The highest BCUT2D eigenvalue weighted by Crippen LogP contribution is 1.92. The Morgan fingerprint density at radius 1 is 1.46 bits per heavy atom. The van der Waals surface area contributed by atoms with Gasteiger partial charge in [0.2, 0.25) is 0 Å². The molecule has 4 nitrogen and oxygen atoms in total. The summed E-state index contributed by atoms with van der Waals surface area (Å²) in [5.74, 6) is 0. The zero-order chi connectivity index (χ0) is 10.3. The number of carbonyl (C=O) groups is 1. The van der Waals surface area contributed by atoms with Gasteiger partial charge in [0.25, 0.3) is 0 Å². The molecule has 13 heavy (non-hydrogen) atoms. The van der Waals surface area contributed by atoms with Crippen LogP contribution >= 0.6 is 0 Å². The molecular formula is C9H20N2O2. The maximum Gasteiger partial charge on any atom is 0.407 e. The van der Waals surface area contributed by atoms with Crippen LogP contribution in [0.25, 0.3) is 0 Å². The van der Waals surface area contributed by atoms with Crippen molar-refractivity contribution in [1.29, 1.82) is 0 Å². The summed E-state index contributed by atoms with van der Waals surface area (Å²) in [6, 6.07) is 0.197. The van der Waals surface area contributed by atoms with Crippen LogP contribution in [-0.2, 0) is 4.74 Å². The van der Waals surface area contributed by atoms with E-state index in [2.05, 4.69) is 5.32 Å². The second-order valence-electron chi connectivity index (χ2n) is 3.50. The Bertz CT molecular complexity index is 147. The van der Waals surface area contributed by atoms with Crippen molar-refractivity contribution in [1.82, 2.24) is 5.32 Å². The minimum atomic E-state index is -0.348. The van der Waals surface area contributed by atoms with Gasteiger partial charge in [-0.15, -0.1) is 0 Å². The first-order valence-electron chi connectivity index (χ1n) is 4.72. The van der Waals surface area contributed by atoms with Crippen molar-refractivity contribution in [2.45, 2.75) is 45.8 Å². The fraction of sp³-hybridized carbons (Fsp3) is 0.889. The van der Waals surface area contributed by atoms with Crippen molar-refractivity contribution in [3.05, 3.63) is 0 Å². The van der Waals surface area contributed by atoms with Gasteiger partial charge in [0, 0.05) is 12.6 Å². The molecule has 4 heteroatoms. The van der Waals surface area contributed by atoms with Gasteiger partial charge in [-0.3, -0.25) is 0 Å². The van der Waals surface area contributed by atoms with E-state index < -0.39 is 0 Å². The number of nitrogens with one attached hydrogen (secondary N) is 1. The fourth-order valence-electron chi connectivity index (χ4n) is 0.870. The summed E-state index contributed by atoms with van der Waals surface area (Å²) in [6.45, 7) is 6.22. The van der Waals surface area contributed by atoms with Gasteiger partial charge in [-0.1, -0.05) is 0 Å². The quantitative estimate of drug-likeness (QED) is 0.638. The Morgan fingerprint density at radius 3 is 2.54 bits per heavy atom. The van der Waals surface area contributed by atoms with Crippen LogP contribution in [0, 0.1) is 0 Å². The van der Waals surface area contributed by atoms with Crippen molar-refractivity contribution in [3.63, 3.8) is 0 Å². The van der Waals surface area contributed by atoms with Gasteiger partial charge in [-0.25, -0.2) is 4.79 Å². The molecule has 0 aliphatic rings. The molecule has 0 aromatic rings. The summed E-state index contributed by atoms with van der Waals surface area (Å²) in [5, 5.41) is 2.65. The number of carbonyl (C=O) groups excluding carboxylic acids is 1. The van der Waals surface area contributed by atoms with Crippen molar-refractivity contribution < 1.29 is 9.53 Å². The average Bonchev–Trinajstić information content (AvgIpc) is 1.96. The minimum Gasteiger partial charge on any atom is -0.447 e. The number of hydrogen-bond acceptors (Lipinski definition) is 3. The summed E-state index contributed by atoms with van der Waals surface area (Å²) in [5.41, 5.74) is 5.55. The van der Waals surface area contributed by atoms with Crippen LogP contribution < -0.4 is 11.1 Å². The molecule has 0 fully saturated rings. The molecule has 0 aromatic carbocycles. The first-order valence-corrected chi connectivity index (χ1v) is 4.72. The number of amides is 1. The average molecular weight is 188 g/mol. The number of rotatable bonds is 5. The van der Waals surface area contributed by atoms with Gasteiger partial charge in [0.15, 0.2) is 0 Å². The number of ether oxygens (including phenoxy) is 1. The fourth-order valence-corrected chi connectivity index (χ4v) is 0.870. The van der Waals surface area contributed by atoms with Crippen LogP contribution in [0.15, 0.2) is 0 Å². The number of alkyl carbamates (subject to hydrolysis) is 1. The maximum absolute atomic E-state index is 10.9. The third kappa shape index (κ3) is 9.14. The molecule has 0 spiro atoms. The molecule has 1 unspecified atom stereocenters. The smallest absolute Gasteiger partial charge is 0.407 e. The van der Waals surface area contributed by atoms with E-state index in [9.17, 15) is 4.79 Å². The molecule has 0 saturated heterocycles. The Morgan fingerprint density at radius 2 is 2.08 bits per heavy atom. The highest BCUT2D eigenvalue weighted by Gasteiger charge is 2.03. The Balaban J connectivity index is 3.27. The molecule has 1 amide bonds. The Hall–Kier alpha value is -0.770. The summed E-state index contributed by atoms with van der Waals surface area (Å²) in [6.07, 6.45) is 1.40. The van der Waals surface area contributed by atoms with E-state index in [1.165, 1.54) is 0 Å². The second kappa shape index (κ2) is 6.71. The molecule has 0 aliphatic heterocycles. The van der Waals surface area contributed by atoms with Crippen LogP contribution in [0.4, 0.5) is 4.79 Å². The van der Waals surface area contributed by atoms with Gasteiger partial charge in [0.1, 0.15) is 0 Å². The predicted octanol–water partition coefficient (Wildman–Crippen LogP) is 1.25. The maximum atomic E-state index is 10.9. The lowest BCUT2D eigenvalue weighted by Crippen LogP contribution is -2.28. The molecule has 0 saturated carbocycles. The first-order chi connectivity index (χ1) is 6.02. The highest BCUT2D eigenvalue weighted by atomic mass is 16.6. The predicted molar refractivity (Wildman–Crippen MR) is 52.5 cm³/mol. The van der Waals surface area contributed by atoms with Crippen LogP contribution in [-0.4, -0.2) is 24.8 Å². The van der Waals surface area contributed by atoms with Gasteiger partial charge in [-0.05, 0) is 33.6 Å². The number of hydrogen-bond donors (Lipinski definition) is 2. The van der Waals surface area contributed by atoms with Gasteiger partial charge >= 0.3 is 6.09 Å². The second-order valence-corrected chi connectivity index (χ2v) is 3.50. The zero-order valence-corrected chi connectivity index (χ0v) is 8.67. The van der Waals surface area contributed by atoms with Crippen molar-refractivity contribution >= 4 is 6.09 Å². The van der Waals surface area contributed by atoms with E-state index in [1.807, 2.05) is 20.8 Å². The summed E-state index contributed by atoms with van der Waals surface area (Å²) >= 11 is 0. The molecule has 0 rings (SSSR count). The first kappa shape index (κ1) is 12.2.